The molecule has 0 saturated carbocycles. The number of ketones is 1. The Morgan fingerprint density at radius 2 is 2.07 bits per heavy atom. The van der Waals surface area contributed by atoms with Gasteiger partial charge in [-0.2, -0.15) is 0 Å². The molecule has 2 atom stereocenters. The molecule has 1 aromatic carbocycles. The van der Waals surface area contributed by atoms with Gasteiger partial charge in [0.15, 0.2) is 5.78 Å². The first-order valence-corrected chi connectivity index (χ1v) is 4.82. The van der Waals surface area contributed by atoms with Gasteiger partial charge in [0.1, 0.15) is 12.2 Å². The number of aliphatic imine (C=N–C) groups is 1. The molecule has 2 rings (SSSR count). The van der Waals surface area contributed by atoms with E-state index in [9.17, 15) is 4.79 Å². The molecule has 3 N–H and O–H groups in total. The molecule has 0 amide bonds. The van der Waals surface area contributed by atoms with Crippen LogP contribution in [0.5, 0.6) is 0 Å². The van der Waals surface area contributed by atoms with Gasteiger partial charge < -0.3 is 11.1 Å². The fourth-order valence-corrected chi connectivity index (χ4v) is 1.52. The fraction of sp³-hybridized carbons (Fsp3) is 0.273. The molecule has 4 heteroatoms. The van der Waals surface area contributed by atoms with Gasteiger partial charge in [-0.3, -0.25) is 9.79 Å². The van der Waals surface area contributed by atoms with E-state index >= 15 is 0 Å². The lowest BCUT2D eigenvalue weighted by atomic mass is 10.0. The van der Waals surface area contributed by atoms with Crippen LogP contribution >= 0.6 is 0 Å². The van der Waals surface area contributed by atoms with Crippen molar-refractivity contribution in [3.8, 4) is 0 Å². The zero-order valence-electron chi connectivity index (χ0n) is 8.47. The summed E-state index contributed by atoms with van der Waals surface area (Å²) in [6.07, 6.45) is 1.01. The first kappa shape index (κ1) is 9.86. The Morgan fingerprint density at radius 3 is 2.60 bits per heavy atom. The number of aryl methyl sites for hydroxylation is 1. The van der Waals surface area contributed by atoms with Gasteiger partial charge in [-0.05, 0) is 6.92 Å². The number of rotatable bonds is 2. The largest absolute Gasteiger partial charge is 0.363 e. The molecular formula is C11H13N3O. The number of nitrogens with two attached hydrogens (primary N) is 1. The van der Waals surface area contributed by atoms with Gasteiger partial charge in [0, 0.05) is 5.56 Å². The van der Waals surface area contributed by atoms with E-state index in [1.165, 1.54) is 6.34 Å². The molecule has 1 heterocycles. The maximum Gasteiger partial charge on any atom is 0.188 e. The van der Waals surface area contributed by atoms with E-state index in [4.69, 9.17) is 5.73 Å². The van der Waals surface area contributed by atoms with Crippen LogP contribution < -0.4 is 11.1 Å². The summed E-state index contributed by atoms with van der Waals surface area (Å²) >= 11 is 0. The minimum atomic E-state index is -0.473. The third-order valence-electron chi connectivity index (χ3n) is 2.46. The summed E-state index contributed by atoms with van der Waals surface area (Å²) < 4.78 is 0. The molecule has 78 valence electrons. The van der Waals surface area contributed by atoms with Crippen LogP contribution in [-0.4, -0.2) is 24.3 Å². The minimum absolute atomic E-state index is 0.0139. The predicted octanol–water partition coefficient (Wildman–Crippen LogP) is 0.463. The van der Waals surface area contributed by atoms with E-state index in [1.54, 1.807) is 0 Å². The van der Waals surface area contributed by atoms with E-state index in [0.717, 1.165) is 5.56 Å². The van der Waals surface area contributed by atoms with Crippen molar-refractivity contribution in [1.82, 2.24) is 5.32 Å². The first-order valence-electron chi connectivity index (χ1n) is 4.82. The van der Waals surface area contributed by atoms with Gasteiger partial charge in [0.05, 0.1) is 6.34 Å². The van der Waals surface area contributed by atoms with E-state index in [-0.39, 0.29) is 5.78 Å². The average Bonchev–Trinajstić information content (AvgIpc) is 2.65. The van der Waals surface area contributed by atoms with E-state index < -0.39 is 12.2 Å². The van der Waals surface area contributed by atoms with Crippen molar-refractivity contribution in [1.29, 1.82) is 0 Å². The van der Waals surface area contributed by atoms with Gasteiger partial charge in [-0.1, -0.05) is 29.8 Å². The molecule has 1 aromatic rings. The van der Waals surface area contributed by atoms with E-state index in [1.807, 2.05) is 31.2 Å². The second kappa shape index (κ2) is 3.82. The summed E-state index contributed by atoms with van der Waals surface area (Å²) in [6, 6.07) is 7.02. The van der Waals surface area contributed by atoms with Crippen LogP contribution in [0.1, 0.15) is 15.9 Å². The predicted molar refractivity (Wildman–Crippen MR) is 58.9 cm³/mol. The van der Waals surface area contributed by atoms with Crippen LogP contribution in [0.4, 0.5) is 0 Å². The lowest BCUT2D eigenvalue weighted by Gasteiger charge is -2.13. The lowest BCUT2D eigenvalue weighted by Crippen LogP contribution is -2.43. The van der Waals surface area contributed by atoms with Crippen LogP contribution in [0, 0.1) is 6.92 Å². The Balaban J connectivity index is 2.18. The third kappa shape index (κ3) is 1.89. The number of nitrogens with one attached hydrogen (secondary N) is 1. The summed E-state index contributed by atoms with van der Waals surface area (Å²) in [6.45, 7) is 1.98. The summed E-state index contributed by atoms with van der Waals surface area (Å²) in [7, 11) is 0. The fourth-order valence-electron chi connectivity index (χ4n) is 1.52. The summed E-state index contributed by atoms with van der Waals surface area (Å²) in [5.41, 5.74) is 7.46. The Morgan fingerprint density at radius 1 is 1.40 bits per heavy atom. The molecule has 15 heavy (non-hydrogen) atoms. The van der Waals surface area contributed by atoms with Crippen LogP contribution in [-0.2, 0) is 0 Å². The highest BCUT2D eigenvalue weighted by Gasteiger charge is 2.28. The molecule has 0 fully saturated rings. The summed E-state index contributed by atoms with van der Waals surface area (Å²) in [4.78, 5) is 15.8. The molecule has 0 saturated heterocycles. The van der Waals surface area contributed by atoms with Gasteiger partial charge in [0.2, 0.25) is 0 Å². The van der Waals surface area contributed by atoms with Crippen LogP contribution in [0.15, 0.2) is 29.3 Å². The van der Waals surface area contributed by atoms with Gasteiger partial charge in [-0.15, -0.1) is 0 Å². The lowest BCUT2D eigenvalue weighted by molar-refractivity contribution is 0.0947. The minimum Gasteiger partial charge on any atom is -0.363 e. The first-order chi connectivity index (χ1) is 7.18. The summed E-state index contributed by atoms with van der Waals surface area (Å²) in [5, 5.41) is 2.85. The molecule has 0 spiro atoms. The van der Waals surface area contributed by atoms with Gasteiger partial charge >= 0.3 is 0 Å². The molecular weight excluding hydrogens is 190 g/mol. The quantitative estimate of drug-likeness (QED) is 0.686. The van der Waals surface area contributed by atoms with Gasteiger partial charge in [0.25, 0.3) is 0 Å². The molecule has 0 bridgehead atoms. The highest BCUT2D eigenvalue weighted by Crippen LogP contribution is 2.09. The Bertz CT molecular complexity index is 397. The van der Waals surface area contributed by atoms with Crippen molar-refractivity contribution < 1.29 is 4.79 Å². The third-order valence-corrected chi connectivity index (χ3v) is 2.46. The molecule has 4 nitrogen and oxygen atoms in total. The van der Waals surface area contributed by atoms with Crippen LogP contribution in [0.3, 0.4) is 0 Å². The van der Waals surface area contributed by atoms with Crippen LogP contribution in [0.2, 0.25) is 0 Å². The molecule has 0 aromatic heterocycles. The number of hydrogen-bond donors (Lipinski definition) is 2. The molecule has 0 aliphatic carbocycles. The number of benzene rings is 1. The standard InChI is InChI=1S/C11H13N3O/c1-7-2-4-8(5-3-7)10(15)9-11(12)14-6-13-9/h2-6,9,11H,12H2,1H3,(H,13,14). The van der Waals surface area contributed by atoms with Crippen molar-refractivity contribution in [2.45, 2.75) is 19.1 Å². The monoisotopic (exact) mass is 203 g/mol. The smallest absolute Gasteiger partial charge is 0.188 e. The Labute approximate surface area is 88.2 Å². The zero-order valence-corrected chi connectivity index (χ0v) is 8.47. The number of Topliss-reactive ketones (excluding diaryl/α,β-unsaturated/α-hetero) is 1. The highest BCUT2D eigenvalue weighted by molar-refractivity contribution is 6.02. The molecule has 2 unspecified atom stereocenters. The van der Waals surface area contributed by atoms with Crippen molar-refractivity contribution in [3.05, 3.63) is 35.4 Å². The normalized spacial score (nSPS) is 23.9. The second-order valence-corrected chi connectivity index (χ2v) is 3.64. The Hall–Kier alpha value is -1.68. The maximum absolute atomic E-state index is 11.9. The van der Waals surface area contributed by atoms with Gasteiger partial charge in [-0.25, -0.2) is 0 Å². The number of hydrogen-bond acceptors (Lipinski definition) is 4. The number of carbonyl (C=O) groups is 1. The second-order valence-electron chi connectivity index (χ2n) is 3.64. The molecule has 0 radical (unpaired) electrons. The SMILES string of the molecule is Cc1ccc(C(=O)C2NC=NC2N)cc1. The highest BCUT2D eigenvalue weighted by atomic mass is 16.1. The van der Waals surface area contributed by atoms with Crippen molar-refractivity contribution in [2.24, 2.45) is 10.7 Å². The average molecular weight is 203 g/mol. The molecule has 1 aliphatic rings. The number of carbonyl (C=O) groups excluding carboxylic acids is 1. The van der Waals surface area contributed by atoms with Crippen LogP contribution in [0.25, 0.3) is 0 Å². The van der Waals surface area contributed by atoms with Crippen molar-refractivity contribution in [3.63, 3.8) is 0 Å². The zero-order chi connectivity index (χ0) is 10.8. The van der Waals surface area contributed by atoms with Crippen molar-refractivity contribution in [2.75, 3.05) is 0 Å². The number of nitrogens with zero attached hydrogens (tertiary/aromatic N) is 1. The van der Waals surface area contributed by atoms with E-state index in [2.05, 4.69) is 10.3 Å². The summed E-state index contributed by atoms with van der Waals surface area (Å²) in [5.74, 6) is -0.0139. The molecule has 1 aliphatic heterocycles. The van der Waals surface area contributed by atoms with Crippen molar-refractivity contribution >= 4 is 12.1 Å². The Kier molecular flexibility index (Phi) is 2.51. The maximum atomic E-state index is 11.9. The van der Waals surface area contributed by atoms with E-state index in [0.29, 0.717) is 5.56 Å². The topological polar surface area (TPSA) is 67.5 Å².